The molecule has 0 aliphatic heterocycles. The second-order valence-electron chi connectivity index (χ2n) is 7.04. The summed E-state index contributed by atoms with van der Waals surface area (Å²) in [6, 6.07) is 20.6. The number of thiazole rings is 1. The molecule has 4 rings (SSSR count). The molecule has 3 nitrogen and oxygen atoms in total. The first-order valence-electron chi connectivity index (χ1n) is 9.89. The molecule has 1 heterocycles. The zero-order chi connectivity index (χ0) is 21.8. The number of hydrogen-bond acceptors (Lipinski definition) is 3. The molecule has 4 aromatic rings. The average Bonchev–Trinajstić information content (AvgIpc) is 3.25. The molecule has 0 aliphatic carbocycles. The number of halogens is 1. The van der Waals surface area contributed by atoms with Crippen molar-refractivity contribution >= 4 is 44.7 Å². The molecule has 0 aliphatic rings. The fraction of sp³-hybridized carbons (Fsp3) is 0.0769. The van der Waals surface area contributed by atoms with Gasteiger partial charge in [0.05, 0.1) is 15.7 Å². The Labute approximate surface area is 183 Å². The summed E-state index contributed by atoms with van der Waals surface area (Å²) in [5, 5.41) is 8.86. The van der Waals surface area contributed by atoms with E-state index in [0.717, 1.165) is 56.1 Å². The van der Waals surface area contributed by atoms with Gasteiger partial charge in [-0.15, -0.1) is 11.3 Å². The number of fused-ring (bicyclic) bond motifs is 1. The third-order valence-corrected chi connectivity index (χ3v) is 5.89. The number of benzene rings is 3. The van der Waals surface area contributed by atoms with Gasteiger partial charge < -0.3 is 5.11 Å². The van der Waals surface area contributed by atoms with Crippen LogP contribution in [0, 0.1) is 5.82 Å². The number of aromatic nitrogens is 1. The van der Waals surface area contributed by atoms with Gasteiger partial charge in [-0.05, 0) is 70.2 Å². The highest BCUT2D eigenvalue weighted by Crippen LogP contribution is 2.36. The molecule has 3 aromatic carbocycles. The quantitative estimate of drug-likeness (QED) is 0.268. The molecular formula is C26H20FNO2S. The van der Waals surface area contributed by atoms with Crippen LogP contribution in [0.5, 0.6) is 0 Å². The van der Waals surface area contributed by atoms with Crippen molar-refractivity contribution in [2.45, 2.75) is 13.3 Å². The van der Waals surface area contributed by atoms with Crippen molar-refractivity contribution in [3.05, 3.63) is 106 Å². The number of allylic oxidation sites excluding steroid dienone is 1. The maximum absolute atomic E-state index is 13.5. The number of hydrogen-bond donors (Lipinski definition) is 1. The lowest BCUT2D eigenvalue weighted by atomic mass is 9.88. The summed E-state index contributed by atoms with van der Waals surface area (Å²) in [6.45, 7) is 2.09. The number of carboxylic acid groups (broad SMARTS) is 1. The Morgan fingerprint density at radius 1 is 1.00 bits per heavy atom. The van der Waals surface area contributed by atoms with Gasteiger partial charge in [0, 0.05) is 6.08 Å². The first kappa shape index (κ1) is 20.7. The maximum Gasteiger partial charge on any atom is 0.328 e. The van der Waals surface area contributed by atoms with Crippen molar-refractivity contribution in [2.24, 2.45) is 0 Å². The van der Waals surface area contributed by atoms with Gasteiger partial charge in [-0.25, -0.2) is 14.2 Å². The number of carbonyl (C=O) groups is 1. The minimum absolute atomic E-state index is 0.265. The van der Waals surface area contributed by atoms with Crippen LogP contribution in [0.2, 0.25) is 0 Å². The lowest BCUT2D eigenvalue weighted by Crippen LogP contribution is -1.96. The zero-order valence-corrected chi connectivity index (χ0v) is 17.7. The first-order valence-corrected chi connectivity index (χ1v) is 10.8. The fourth-order valence-corrected chi connectivity index (χ4v) is 4.29. The lowest BCUT2D eigenvalue weighted by molar-refractivity contribution is -0.131. The Morgan fingerprint density at radius 2 is 1.68 bits per heavy atom. The standard InChI is InChI=1S/C26H20FNO2S/c1-2-22(18-8-11-21(27)12-9-18)26(20-10-13-24-23(15-20)28-16-31-24)19-6-3-17(4-7-19)5-14-25(29)30/h3-16H,2H2,1H3,(H,29,30). The molecule has 0 saturated heterocycles. The molecule has 5 heteroatoms. The van der Waals surface area contributed by atoms with Crippen molar-refractivity contribution in [1.29, 1.82) is 0 Å². The predicted molar refractivity (Wildman–Crippen MR) is 125 cm³/mol. The minimum Gasteiger partial charge on any atom is -0.478 e. The van der Waals surface area contributed by atoms with Crippen LogP contribution in [-0.4, -0.2) is 16.1 Å². The SMILES string of the molecule is CCC(=C(c1ccc(C=CC(=O)O)cc1)c1ccc2scnc2c1)c1ccc(F)cc1. The van der Waals surface area contributed by atoms with Crippen molar-refractivity contribution in [1.82, 2.24) is 4.98 Å². The molecule has 0 bridgehead atoms. The normalized spacial score (nSPS) is 12.3. The number of carboxylic acids is 1. The van der Waals surface area contributed by atoms with Gasteiger partial charge in [0.25, 0.3) is 0 Å². The van der Waals surface area contributed by atoms with E-state index in [-0.39, 0.29) is 5.82 Å². The van der Waals surface area contributed by atoms with E-state index in [1.807, 2.05) is 29.8 Å². The molecule has 1 N–H and O–H groups in total. The van der Waals surface area contributed by atoms with Crippen LogP contribution in [-0.2, 0) is 4.79 Å². The van der Waals surface area contributed by atoms with E-state index >= 15 is 0 Å². The molecule has 1 aromatic heterocycles. The van der Waals surface area contributed by atoms with Crippen LogP contribution >= 0.6 is 11.3 Å². The third kappa shape index (κ3) is 4.62. The average molecular weight is 430 g/mol. The van der Waals surface area contributed by atoms with E-state index in [2.05, 4.69) is 30.1 Å². The van der Waals surface area contributed by atoms with Crippen LogP contribution in [0.25, 0.3) is 27.4 Å². The van der Waals surface area contributed by atoms with E-state index < -0.39 is 5.97 Å². The van der Waals surface area contributed by atoms with Crippen LogP contribution in [0.4, 0.5) is 4.39 Å². The van der Waals surface area contributed by atoms with Crippen LogP contribution in [0.1, 0.15) is 35.6 Å². The summed E-state index contributed by atoms with van der Waals surface area (Å²) in [5.41, 5.74) is 8.74. The number of aliphatic carboxylic acids is 1. The molecule has 0 radical (unpaired) electrons. The van der Waals surface area contributed by atoms with Gasteiger partial charge >= 0.3 is 5.97 Å². The molecule has 0 atom stereocenters. The molecule has 0 fully saturated rings. The monoisotopic (exact) mass is 429 g/mol. The van der Waals surface area contributed by atoms with E-state index in [9.17, 15) is 9.18 Å². The summed E-state index contributed by atoms with van der Waals surface area (Å²) in [6.07, 6.45) is 3.45. The number of rotatable bonds is 6. The Bertz CT molecular complexity index is 1290. The highest BCUT2D eigenvalue weighted by Gasteiger charge is 2.14. The lowest BCUT2D eigenvalue weighted by Gasteiger charge is -2.17. The van der Waals surface area contributed by atoms with Crippen LogP contribution < -0.4 is 0 Å². The van der Waals surface area contributed by atoms with Crippen molar-refractivity contribution in [2.75, 3.05) is 0 Å². The van der Waals surface area contributed by atoms with Gasteiger partial charge in [0.2, 0.25) is 0 Å². The Balaban J connectivity index is 1.89. The second-order valence-corrected chi connectivity index (χ2v) is 7.93. The van der Waals surface area contributed by atoms with E-state index in [4.69, 9.17) is 5.11 Å². The maximum atomic E-state index is 13.5. The third-order valence-electron chi connectivity index (χ3n) is 5.08. The highest BCUT2D eigenvalue weighted by atomic mass is 32.1. The minimum atomic E-state index is -0.981. The molecule has 0 amide bonds. The number of nitrogens with zero attached hydrogens (tertiary/aromatic N) is 1. The highest BCUT2D eigenvalue weighted by molar-refractivity contribution is 7.16. The summed E-state index contributed by atoms with van der Waals surface area (Å²) < 4.78 is 14.7. The fourth-order valence-electron chi connectivity index (χ4n) is 3.63. The molecule has 0 unspecified atom stereocenters. The molecule has 0 saturated carbocycles. The van der Waals surface area contributed by atoms with Gasteiger partial charge in [0.1, 0.15) is 5.82 Å². The van der Waals surface area contributed by atoms with Crippen molar-refractivity contribution in [3.8, 4) is 0 Å². The van der Waals surface area contributed by atoms with E-state index in [1.54, 1.807) is 29.5 Å². The second kappa shape index (κ2) is 9.06. The Kier molecular flexibility index (Phi) is 6.05. The van der Waals surface area contributed by atoms with Crippen LogP contribution in [0.15, 0.2) is 78.3 Å². The largest absolute Gasteiger partial charge is 0.478 e. The summed E-state index contributed by atoms with van der Waals surface area (Å²) in [5.74, 6) is -1.25. The van der Waals surface area contributed by atoms with Gasteiger partial charge in [0.15, 0.2) is 0 Å². The predicted octanol–water partition coefficient (Wildman–Crippen LogP) is 6.90. The zero-order valence-electron chi connectivity index (χ0n) is 16.9. The van der Waals surface area contributed by atoms with Gasteiger partial charge in [-0.1, -0.05) is 49.4 Å². The van der Waals surface area contributed by atoms with Gasteiger partial charge in [-0.3, -0.25) is 0 Å². The summed E-state index contributed by atoms with van der Waals surface area (Å²) in [4.78, 5) is 15.3. The Hall–Kier alpha value is -3.57. The van der Waals surface area contributed by atoms with E-state index in [0.29, 0.717) is 0 Å². The van der Waals surface area contributed by atoms with E-state index in [1.165, 1.54) is 12.1 Å². The molecular weight excluding hydrogens is 409 g/mol. The molecule has 154 valence electrons. The van der Waals surface area contributed by atoms with Crippen LogP contribution in [0.3, 0.4) is 0 Å². The summed E-state index contributed by atoms with van der Waals surface area (Å²) >= 11 is 1.60. The summed E-state index contributed by atoms with van der Waals surface area (Å²) in [7, 11) is 0. The van der Waals surface area contributed by atoms with Crippen molar-refractivity contribution in [3.63, 3.8) is 0 Å². The Morgan fingerprint density at radius 3 is 2.35 bits per heavy atom. The first-order chi connectivity index (χ1) is 15.0. The molecule has 0 spiro atoms. The topological polar surface area (TPSA) is 50.2 Å². The molecule has 31 heavy (non-hydrogen) atoms. The van der Waals surface area contributed by atoms with Crippen molar-refractivity contribution < 1.29 is 14.3 Å². The smallest absolute Gasteiger partial charge is 0.328 e. The van der Waals surface area contributed by atoms with Gasteiger partial charge in [-0.2, -0.15) is 0 Å².